The molecule has 0 unspecified atom stereocenters. The number of nitrogens with zero attached hydrogens (tertiary/aromatic N) is 3. The molecule has 1 aromatic heterocycles. The highest BCUT2D eigenvalue weighted by molar-refractivity contribution is 7.15. The van der Waals surface area contributed by atoms with Crippen LogP contribution in [0, 0.1) is 5.92 Å². The Morgan fingerprint density at radius 1 is 1.08 bits per heavy atom. The molecule has 0 bridgehead atoms. The number of alkyl halides is 2. The Hall–Kier alpha value is -0.750. The number of piperidine rings is 1. The molecule has 2 fully saturated rings. The van der Waals surface area contributed by atoms with E-state index in [4.69, 9.17) is 4.98 Å². The molecule has 3 aliphatic rings. The van der Waals surface area contributed by atoms with Crippen molar-refractivity contribution in [1.82, 2.24) is 9.88 Å². The second-order valence-electron chi connectivity index (χ2n) is 8.03. The Bertz CT molecular complexity index is 573. The Balaban J connectivity index is 1.31. The first kappa shape index (κ1) is 17.7. The third kappa shape index (κ3) is 4.33. The molecule has 6 heteroatoms. The van der Waals surface area contributed by atoms with Gasteiger partial charge in [-0.2, -0.15) is 0 Å². The van der Waals surface area contributed by atoms with Gasteiger partial charge in [-0.15, -0.1) is 11.3 Å². The van der Waals surface area contributed by atoms with Crippen LogP contribution in [0.4, 0.5) is 13.9 Å². The first-order chi connectivity index (χ1) is 12.1. The summed E-state index contributed by atoms with van der Waals surface area (Å²) in [6, 6.07) is 0. The minimum absolute atomic E-state index is 0.0369. The fraction of sp³-hybridized carbons (Fsp3) is 0.842. The van der Waals surface area contributed by atoms with Crippen LogP contribution in [0.25, 0.3) is 0 Å². The lowest BCUT2D eigenvalue weighted by molar-refractivity contribution is -0.0220. The van der Waals surface area contributed by atoms with Gasteiger partial charge in [-0.05, 0) is 25.3 Å². The summed E-state index contributed by atoms with van der Waals surface area (Å²) in [7, 11) is 0. The van der Waals surface area contributed by atoms with Gasteiger partial charge in [0.15, 0.2) is 5.13 Å². The number of hydrogen-bond acceptors (Lipinski definition) is 4. The van der Waals surface area contributed by atoms with E-state index in [0.29, 0.717) is 13.1 Å². The number of hydrogen-bond donors (Lipinski definition) is 0. The molecule has 0 amide bonds. The molecule has 0 radical (unpaired) electrons. The van der Waals surface area contributed by atoms with Crippen LogP contribution in [0.5, 0.6) is 0 Å². The van der Waals surface area contributed by atoms with Crippen LogP contribution in [0.15, 0.2) is 0 Å². The van der Waals surface area contributed by atoms with Crippen molar-refractivity contribution in [3.63, 3.8) is 0 Å². The maximum Gasteiger partial charge on any atom is 0.251 e. The molecule has 140 valence electrons. The van der Waals surface area contributed by atoms with Crippen LogP contribution < -0.4 is 4.90 Å². The molecule has 1 saturated heterocycles. The Morgan fingerprint density at radius 3 is 2.60 bits per heavy atom. The zero-order valence-corrected chi connectivity index (χ0v) is 15.8. The Morgan fingerprint density at radius 2 is 1.84 bits per heavy atom. The lowest BCUT2D eigenvalue weighted by Crippen LogP contribution is -2.39. The maximum absolute atomic E-state index is 13.4. The number of fused-ring (bicyclic) bond motifs is 1. The lowest BCUT2D eigenvalue weighted by atomic mass is 9.87. The van der Waals surface area contributed by atoms with Gasteiger partial charge in [-0.1, -0.05) is 32.1 Å². The van der Waals surface area contributed by atoms with Gasteiger partial charge < -0.3 is 4.90 Å². The molecule has 2 aliphatic heterocycles. The summed E-state index contributed by atoms with van der Waals surface area (Å²) >= 11 is 1.73. The van der Waals surface area contributed by atoms with Gasteiger partial charge in [0.1, 0.15) is 0 Å². The van der Waals surface area contributed by atoms with E-state index in [1.807, 2.05) is 0 Å². The van der Waals surface area contributed by atoms with Crippen LogP contribution in [-0.4, -0.2) is 42.0 Å². The summed E-state index contributed by atoms with van der Waals surface area (Å²) in [5, 5.41) is 0.967. The molecule has 1 aromatic rings. The quantitative estimate of drug-likeness (QED) is 0.766. The first-order valence-corrected chi connectivity index (χ1v) is 10.7. The van der Waals surface area contributed by atoms with Crippen molar-refractivity contribution in [3.05, 3.63) is 10.6 Å². The van der Waals surface area contributed by atoms with E-state index in [1.54, 1.807) is 11.3 Å². The van der Waals surface area contributed by atoms with Crippen molar-refractivity contribution in [2.45, 2.75) is 70.3 Å². The van der Waals surface area contributed by atoms with Crippen LogP contribution in [0.1, 0.15) is 61.9 Å². The standard InChI is InChI=1S/C19H29F2N3S/c20-19(21)8-12-24(13-9-19)18-22-16-14-23(11-7-17(16)25-18)10-6-15-4-2-1-3-5-15/h15H,1-14H2. The molecule has 0 aromatic carbocycles. The maximum atomic E-state index is 13.4. The van der Waals surface area contributed by atoms with Gasteiger partial charge in [-0.3, -0.25) is 4.90 Å². The van der Waals surface area contributed by atoms with E-state index in [0.717, 1.165) is 30.6 Å². The van der Waals surface area contributed by atoms with E-state index in [2.05, 4.69) is 9.80 Å². The summed E-state index contributed by atoms with van der Waals surface area (Å²) in [6.45, 7) is 4.13. The molecular weight excluding hydrogens is 340 g/mol. The number of halogens is 2. The normalized spacial score (nSPS) is 25.1. The van der Waals surface area contributed by atoms with Gasteiger partial charge in [0, 0.05) is 43.9 Å². The highest BCUT2D eigenvalue weighted by Gasteiger charge is 2.35. The Labute approximate surface area is 153 Å². The van der Waals surface area contributed by atoms with Crippen LogP contribution in [0.3, 0.4) is 0 Å². The number of aromatic nitrogens is 1. The molecule has 1 saturated carbocycles. The first-order valence-electron chi connectivity index (χ1n) is 9.93. The van der Waals surface area contributed by atoms with E-state index < -0.39 is 5.92 Å². The zero-order chi connectivity index (χ0) is 17.3. The minimum Gasteiger partial charge on any atom is -0.348 e. The SMILES string of the molecule is FC1(F)CCN(c2nc3c(s2)CCN(CCC2CCCCC2)C3)CC1. The van der Waals surface area contributed by atoms with Crippen LogP contribution in [-0.2, 0) is 13.0 Å². The van der Waals surface area contributed by atoms with Crippen molar-refractivity contribution in [2.24, 2.45) is 5.92 Å². The third-order valence-electron chi connectivity index (χ3n) is 6.14. The molecule has 3 heterocycles. The van der Waals surface area contributed by atoms with Gasteiger partial charge in [0.25, 0.3) is 5.92 Å². The van der Waals surface area contributed by atoms with Crippen LogP contribution >= 0.6 is 11.3 Å². The second-order valence-corrected chi connectivity index (χ2v) is 9.09. The summed E-state index contributed by atoms with van der Waals surface area (Å²) < 4.78 is 26.7. The molecule has 3 nitrogen and oxygen atoms in total. The van der Waals surface area contributed by atoms with Crippen molar-refractivity contribution < 1.29 is 8.78 Å². The minimum atomic E-state index is -2.48. The van der Waals surface area contributed by atoms with Crippen molar-refractivity contribution in [2.75, 3.05) is 31.1 Å². The summed E-state index contributed by atoms with van der Waals surface area (Å²) in [6.07, 6.45) is 9.41. The van der Waals surface area contributed by atoms with E-state index >= 15 is 0 Å². The number of rotatable bonds is 4. The number of thiazole rings is 1. The van der Waals surface area contributed by atoms with Crippen molar-refractivity contribution in [1.29, 1.82) is 0 Å². The Kier molecular flexibility index (Phi) is 5.28. The molecule has 4 rings (SSSR count). The average molecular weight is 370 g/mol. The van der Waals surface area contributed by atoms with Gasteiger partial charge in [0.05, 0.1) is 5.69 Å². The smallest absolute Gasteiger partial charge is 0.251 e. The molecule has 0 spiro atoms. The topological polar surface area (TPSA) is 19.4 Å². The average Bonchev–Trinajstić information content (AvgIpc) is 3.04. The van der Waals surface area contributed by atoms with E-state index in [1.165, 1.54) is 55.6 Å². The molecule has 1 aliphatic carbocycles. The summed E-state index contributed by atoms with van der Waals surface area (Å²) in [4.78, 5) is 10.8. The zero-order valence-electron chi connectivity index (χ0n) is 15.0. The fourth-order valence-corrected chi connectivity index (χ4v) is 5.54. The van der Waals surface area contributed by atoms with Crippen molar-refractivity contribution in [3.8, 4) is 0 Å². The predicted molar refractivity (Wildman–Crippen MR) is 98.7 cm³/mol. The van der Waals surface area contributed by atoms with Crippen LogP contribution in [0.2, 0.25) is 0 Å². The number of anilines is 1. The van der Waals surface area contributed by atoms with E-state index in [9.17, 15) is 8.78 Å². The van der Waals surface area contributed by atoms with Gasteiger partial charge in [0.2, 0.25) is 0 Å². The van der Waals surface area contributed by atoms with E-state index in [-0.39, 0.29) is 12.8 Å². The third-order valence-corrected chi connectivity index (χ3v) is 7.36. The molecular formula is C19H29F2N3S. The second kappa shape index (κ2) is 7.47. The van der Waals surface area contributed by atoms with Gasteiger partial charge >= 0.3 is 0 Å². The van der Waals surface area contributed by atoms with Gasteiger partial charge in [-0.25, -0.2) is 13.8 Å². The largest absolute Gasteiger partial charge is 0.348 e. The summed E-state index contributed by atoms with van der Waals surface area (Å²) in [5.41, 5.74) is 1.20. The van der Waals surface area contributed by atoms with Crippen molar-refractivity contribution >= 4 is 16.5 Å². The lowest BCUT2D eigenvalue weighted by Gasteiger charge is -2.31. The highest BCUT2D eigenvalue weighted by Crippen LogP contribution is 2.35. The predicted octanol–water partition coefficient (Wildman–Crippen LogP) is 4.71. The highest BCUT2D eigenvalue weighted by atomic mass is 32.1. The molecule has 0 atom stereocenters. The molecule has 0 N–H and O–H groups in total. The fourth-order valence-electron chi connectivity index (χ4n) is 4.43. The monoisotopic (exact) mass is 369 g/mol. The summed E-state index contributed by atoms with van der Waals surface area (Å²) in [5.74, 6) is -1.56. The molecule has 25 heavy (non-hydrogen) atoms.